The molecular formula is C19H19FN2O2. The van der Waals surface area contributed by atoms with Crippen molar-refractivity contribution in [2.45, 2.75) is 25.7 Å². The fraction of sp³-hybridized carbons (Fsp3) is 0.263. The number of benzene rings is 2. The van der Waals surface area contributed by atoms with Gasteiger partial charge in [0, 0.05) is 18.3 Å². The maximum atomic E-state index is 13.1. The van der Waals surface area contributed by atoms with Gasteiger partial charge in [-0.05, 0) is 60.7 Å². The molecule has 0 radical (unpaired) electrons. The number of amides is 2. The minimum Gasteiger partial charge on any atom is -0.326 e. The van der Waals surface area contributed by atoms with Gasteiger partial charge >= 0.3 is 0 Å². The molecule has 5 heteroatoms. The molecule has 0 heterocycles. The number of anilines is 2. The summed E-state index contributed by atoms with van der Waals surface area (Å²) in [5.41, 5.74) is 2.19. The molecular weight excluding hydrogens is 307 g/mol. The van der Waals surface area contributed by atoms with Gasteiger partial charge in [-0.15, -0.1) is 0 Å². The highest BCUT2D eigenvalue weighted by molar-refractivity contribution is 5.96. The molecule has 0 saturated heterocycles. The van der Waals surface area contributed by atoms with Gasteiger partial charge in [0.25, 0.3) is 0 Å². The van der Waals surface area contributed by atoms with Crippen LogP contribution in [-0.4, -0.2) is 11.8 Å². The SMILES string of the molecule is CC(=O)Nc1ccc(NC(=O)C(c2ccc(F)cc2)C2CC2)cc1. The zero-order valence-electron chi connectivity index (χ0n) is 13.4. The van der Waals surface area contributed by atoms with Crippen LogP contribution in [0.15, 0.2) is 48.5 Å². The molecule has 1 aliphatic rings. The van der Waals surface area contributed by atoms with Gasteiger partial charge in [-0.2, -0.15) is 0 Å². The van der Waals surface area contributed by atoms with Crippen molar-refractivity contribution in [1.82, 2.24) is 0 Å². The zero-order chi connectivity index (χ0) is 17.1. The summed E-state index contributed by atoms with van der Waals surface area (Å²) in [4.78, 5) is 23.7. The van der Waals surface area contributed by atoms with E-state index in [9.17, 15) is 14.0 Å². The number of carbonyl (C=O) groups excluding carboxylic acids is 2. The largest absolute Gasteiger partial charge is 0.326 e. The van der Waals surface area contributed by atoms with Gasteiger partial charge in [0.15, 0.2) is 0 Å². The van der Waals surface area contributed by atoms with E-state index in [0.29, 0.717) is 17.3 Å². The second-order valence-electron chi connectivity index (χ2n) is 6.11. The van der Waals surface area contributed by atoms with Gasteiger partial charge in [-0.25, -0.2) is 4.39 Å². The smallest absolute Gasteiger partial charge is 0.232 e. The van der Waals surface area contributed by atoms with E-state index in [4.69, 9.17) is 0 Å². The van der Waals surface area contributed by atoms with Gasteiger partial charge in [0.1, 0.15) is 5.82 Å². The molecule has 2 aromatic carbocycles. The first-order chi connectivity index (χ1) is 11.5. The topological polar surface area (TPSA) is 58.2 Å². The van der Waals surface area contributed by atoms with Crippen LogP contribution in [0, 0.1) is 11.7 Å². The standard InChI is InChI=1S/C19H19FN2O2/c1-12(23)21-16-8-10-17(11-9-16)22-19(24)18(13-2-3-13)14-4-6-15(20)7-5-14/h4-11,13,18H,2-3H2,1H3,(H,21,23)(H,22,24). The Kier molecular flexibility index (Phi) is 4.60. The maximum Gasteiger partial charge on any atom is 0.232 e. The van der Waals surface area contributed by atoms with Crippen LogP contribution in [0.5, 0.6) is 0 Å². The van der Waals surface area contributed by atoms with Crippen LogP contribution in [0.1, 0.15) is 31.2 Å². The molecule has 2 aromatic rings. The van der Waals surface area contributed by atoms with Gasteiger partial charge < -0.3 is 10.6 Å². The number of nitrogens with one attached hydrogen (secondary N) is 2. The molecule has 1 unspecified atom stereocenters. The van der Waals surface area contributed by atoms with Gasteiger partial charge in [0.05, 0.1) is 5.92 Å². The summed E-state index contributed by atoms with van der Waals surface area (Å²) in [5.74, 6) is -0.481. The van der Waals surface area contributed by atoms with Crippen molar-refractivity contribution >= 4 is 23.2 Å². The summed E-state index contributed by atoms with van der Waals surface area (Å²) < 4.78 is 13.1. The summed E-state index contributed by atoms with van der Waals surface area (Å²) in [6.45, 7) is 1.44. The fourth-order valence-corrected chi connectivity index (χ4v) is 2.80. The second-order valence-corrected chi connectivity index (χ2v) is 6.11. The van der Waals surface area contributed by atoms with E-state index in [2.05, 4.69) is 10.6 Å². The minimum absolute atomic E-state index is 0.0867. The highest BCUT2D eigenvalue weighted by Crippen LogP contribution is 2.43. The van der Waals surface area contributed by atoms with Crippen molar-refractivity contribution in [3.05, 3.63) is 59.9 Å². The lowest BCUT2D eigenvalue weighted by atomic mass is 9.93. The Hall–Kier alpha value is -2.69. The predicted octanol–water partition coefficient (Wildman–Crippen LogP) is 3.92. The van der Waals surface area contributed by atoms with Crippen LogP contribution < -0.4 is 10.6 Å². The molecule has 3 rings (SSSR count). The molecule has 1 fully saturated rings. The van der Waals surface area contributed by atoms with Crippen molar-refractivity contribution in [1.29, 1.82) is 0 Å². The van der Waals surface area contributed by atoms with E-state index in [0.717, 1.165) is 18.4 Å². The quantitative estimate of drug-likeness (QED) is 0.875. The molecule has 1 atom stereocenters. The average molecular weight is 326 g/mol. The Morgan fingerprint density at radius 1 is 0.958 bits per heavy atom. The van der Waals surface area contributed by atoms with E-state index in [1.54, 1.807) is 36.4 Å². The van der Waals surface area contributed by atoms with Crippen molar-refractivity contribution in [2.75, 3.05) is 10.6 Å². The van der Waals surface area contributed by atoms with E-state index in [1.807, 2.05) is 0 Å². The molecule has 0 aromatic heterocycles. The van der Waals surface area contributed by atoms with E-state index >= 15 is 0 Å². The third kappa shape index (κ3) is 3.98. The number of rotatable bonds is 5. The third-order valence-corrected chi connectivity index (χ3v) is 4.08. The van der Waals surface area contributed by atoms with Gasteiger partial charge in [0.2, 0.25) is 11.8 Å². The number of carbonyl (C=O) groups is 2. The Bertz CT molecular complexity index is 737. The number of hydrogen-bond acceptors (Lipinski definition) is 2. The Labute approximate surface area is 140 Å². The Balaban J connectivity index is 1.72. The summed E-state index contributed by atoms with van der Waals surface area (Å²) in [5, 5.41) is 5.59. The second kappa shape index (κ2) is 6.83. The predicted molar refractivity (Wildman–Crippen MR) is 91.2 cm³/mol. The first kappa shape index (κ1) is 16.2. The van der Waals surface area contributed by atoms with Crippen molar-refractivity contribution in [3.63, 3.8) is 0 Å². The lowest BCUT2D eigenvalue weighted by Gasteiger charge is -2.17. The Morgan fingerprint density at radius 2 is 1.50 bits per heavy atom. The normalized spacial score (nSPS) is 14.8. The molecule has 2 amide bonds. The highest BCUT2D eigenvalue weighted by atomic mass is 19.1. The molecule has 24 heavy (non-hydrogen) atoms. The highest BCUT2D eigenvalue weighted by Gasteiger charge is 2.37. The molecule has 1 saturated carbocycles. The van der Waals surface area contributed by atoms with Gasteiger partial charge in [-0.3, -0.25) is 9.59 Å². The monoisotopic (exact) mass is 326 g/mol. The minimum atomic E-state index is -0.303. The zero-order valence-corrected chi connectivity index (χ0v) is 13.4. The number of halogens is 1. The van der Waals surface area contributed by atoms with Crippen molar-refractivity contribution < 1.29 is 14.0 Å². The van der Waals surface area contributed by atoms with Crippen LogP contribution in [0.4, 0.5) is 15.8 Å². The molecule has 0 bridgehead atoms. The van der Waals surface area contributed by atoms with Crippen molar-refractivity contribution in [2.24, 2.45) is 5.92 Å². The molecule has 1 aliphatic carbocycles. The van der Waals surface area contributed by atoms with Crippen LogP contribution in [0.25, 0.3) is 0 Å². The van der Waals surface area contributed by atoms with Gasteiger partial charge in [-0.1, -0.05) is 12.1 Å². The Morgan fingerprint density at radius 3 is 2.00 bits per heavy atom. The summed E-state index contributed by atoms with van der Waals surface area (Å²) >= 11 is 0. The van der Waals surface area contributed by atoms with Crippen LogP contribution in [0.2, 0.25) is 0 Å². The van der Waals surface area contributed by atoms with Crippen molar-refractivity contribution in [3.8, 4) is 0 Å². The third-order valence-electron chi connectivity index (χ3n) is 4.08. The molecule has 2 N–H and O–H groups in total. The number of hydrogen-bond donors (Lipinski definition) is 2. The van der Waals surface area contributed by atoms with E-state index < -0.39 is 0 Å². The lowest BCUT2D eigenvalue weighted by Crippen LogP contribution is -2.22. The van der Waals surface area contributed by atoms with E-state index in [-0.39, 0.29) is 23.5 Å². The molecule has 0 spiro atoms. The fourth-order valence-electron chi connectivity index (χ4n) is 2.80. The molecule has 124 valence electrons. The molecule has 4 nitrogen and oxygen atoms in total. The summed E-state index contributed by atoms with van der Waals surface area (Å²) in [6, 6.07) is 13.1. The van der Waals surface area contributed by atoms with Crippen LogP contribution >= 0.6 is 0 Å². The maximum absolute atomic E-state index is 13.1. The lowest BCUT2D eigenvalue weighted by molar-refractivity contribution is -0.118. The summed E-state index contributed by atoms with van der Waals surface area (Å²) in [7, 11) is 0. The van der Waals surface area contributed by atoms with Crippen LogP contribution in [0.3, 0.4) is 0 Å². The first-order valence-electron chi connectivity index (χ1n) is 7.97. The average Bonchev–Trinajstić information content (AvgIpc) is 3.36. The summed E-state index contributed by atoms with van der Waals surface area (Å²) in [6.07, 6.45) is 2.02. The van der Waals surface area contributed by atoms with Crippen LogP contribution in [-0.2, 0) is 9.59 Å². The first-order valence-corrected chi connectivity index (χ1v) is 7.97. The molecule has 0 aliphatic heterocycles. The van der Waals surface area contributed by atoms with E-state index in [1.165, 1.54) is 19.1 Å².